The molecular formula is C14H17FN4S. The number of nitrogens with two attached hydrogens (primary N) is 1. The first-order valence-corrected chi connectivity index (χ1v) is 6.77. The van der Waals surface area contributed by atoms with E-state index in [1.54, 1.807) is 16.8 Å². The predicted octanol–water partition coefficient (Wildman–Crippen LogP) is 2.37. The van der Waals surface area contributed by atoms with Gasteiger partial charge in [-0.3, -0.25) is 4.68 Å². The van der Waals surface area contributed by atoms with Gasteiger partial charge in [0.1, 0.15) is 10.8 Å². The molecule has 3 N–H and O–H groups in total. The highest BCUT2D eigenvalue weighted by molar-refractivity contribution is 7.80. The number of benzene rings is 1. The minimum Gasteiger partial charge on any atom is -0.389 e. The van der Waals surface area contributed by atoms with Crippen molar-refractivity contribution in [3.8, 4) is 0 Å². The smallest absolute Gasteiger partial charge is 0.135 e. The predicted molar refractivity (Wildman–Crippen MR) is 82.2 cm³/mol. The molecule has 0 saturated carbocycles. The van der Waals surface area contributed by atoms with Gasteiger partial charge in [-0.15, -0.1) is 0 Å². The fourth-order valence-electron chi connectivity index (χ4n) is 2.14. The summed E-state index contributed by atoms with van der Waals surface area (Å²) in [5, 5.41) is 7.55. The first-order valence-electron chi connectivity index (χ1n) is 6.36. The zero-order valence-corrected chi connectivity index (χ0v) is 12.3. The van der Waals surface area contributed by atoms with Gasteiger partial charge >= 0.3 is 0 Å². The maximum atomic E-state index is 13.8. The second-order valence-electron chi connectivity index (χ2n) is 4.51. The lowest BCUT2D eigenvalue weighted by molar-refractivity contribution is 0.626. The normalized spacial score (nSPS) is 10.6. The molecular weight excluding hydrogens is 275 g/mol. The van der Waals surface area contributed by atoms with E-state index in [0.717, 1.165) is 17.7 Å². The lowest BCUT2D eigenvalue weighted by Gasteiger charge is -2.11. The number of nitrogens with one attached hydrogen (secondary N) is 1. The summed E-state index contributed by atoms with van der Waals surface area (Å²) < 4.78 is 15.5. The summed E-state index contributed by atoms with van der Waals surface area (Å²) >= 11 is 4.90. The van der Waals surface area contributed by atoms with E-state index in [9.17, 15) is 4.39 Å². The maximum absolute atomic E-state index is 13.8. The topological polar surface area (TPSA) is 55.9 Å². The van der Waals surface area contributed by atoms with Crippen molar-refractivity contribution in [3.05, 3.63) is 47.0 Å². The molecule has 6 heteroatoms. The van der Waals surface area contributed by atoms with Gasteiger partial charge < -0.3 is 11.1 Å². The quantitative estimate of drug-likeness (QED) is 0.831. The van der Waals surface area contributed by atoms with E-state index in [1.165, 1.54) is 6.07 Å². The molecule has 0 atom stereocenters. The van der Waals surface area contributed by atoms with Crippen molar-refractivity contribution in [1.29, 1.82) is 0 Å². The van der Waals surface area contributed by atoms with Crippen molar-refractivity contribution in [2.24, 2.45) is 12.8 Å². The number of aryl methyl sites for hydroxylation is 2. The average Bonchev–Trinajstić information content (AvgIpc) is 2.76. The number of thiocarbonyl (C=S) groups is 1. The minimum absolute atomic E-state index is 0.0486. The lowest BCUT2D eigenvalue weighted by Crippen LogP contribution is -2.15. The van der Waals surface area contributed by atoms with Gasteiger partial charge in [-0.2, -0.15) is 5.10 Å². The minimum atomic E-state index is -0.413. The summed E-state index contributed by atoms with van der Waals surface area (Å²) in [4.78, 5) is 0.0486. The number of aromatic nitrogens is 2. The second-order valence-corrected chi connectivity index (χ2v) is 4.95. The van der Waals surface area contributed by atoms with Crippen molar-refractivity contribution >= 4 is 22.9 Å². The van der Waals surface area contributed by atoms with Crippen LogP contribution in [0.2, 0.25) is 0 Å². The van der Waals surface area contributed by atoms with Gasteiger partial charge in [0.2, 0.25) is 0 Å². The van der Waals surface area contributed by atoms with E-state index in [-0.39, 0.29) is 10.6 Å². The van der Waals surface area contributed by atoms with E-state index in [0.29, 0.717) is 12.2 Å². The van der Waals surface area contributed by atoms with Gasteiger partial charge in [0, 0.05) is 31.0 Å². The van der Waals surface area contributed by atoms with E-state index >= 15 is 0 Å². The zero-order chi connectivity index (χ0) is 14.7. The van der Waals surface area contributed by atoms with E-state index < -0.39 is 5.82 Å². The highest BCUT2D eigenvalue weighted by Crippen LogP contribution is 2.20. The summed E-state index contributed by atoms with van der Waals surface area (Å²) in [5.74, 6) is -0.413. The van der Waals surface area contributed by atoms with Crippen molar-refractivity contribution in [1.82, 2.24) is 9.78 Å². The maximum Gasteiger partial charge on any atom is 0.135 e. The molecule has 2 aromatic rings. The molecule has 0 unspecified atom stereocenters. The molecule has 4 nitrogen and oxygen atoms in total. The monoisotopic (exact) mass is 292 g/mol. The van der Waals surface area contributed by atoms with Crippen LogP contribution in [0.5, 0.6) is 0 Å². The third-order valence-electron chi connectivity index (χ3n) is 3.06. The van der Waals surface area contributed by atoms with Gasteiger partial charge in [0.05, 0.1) is 11.3 Å². The molecule has 0 aliphatic heterocycles. The van der Waals surface area contributed by atoms with Gasteiger partial charge in [0.15, 0.2) is 0 Å². The van der Waals surface area contributed by atoms with Crippen LogP contribution < -0.4 is 11.1 Å². The largest absolute Gasteiger partial charge is 0.389 e. The van der Waals surface area contributed by atoms with Gasteiger partial charge in [-0.1, -0.05) is 25.2 Å². The van der Waals surface area contributed by atoms with Crippen molar-refractivity contribution < 1.29 is 4.39 Å². The molecule has 0 aliphatic rings. The molecule has 0 amide bonds. The Morgan fingerprint density at radius 2 is 2.25 bits per heavy atom. The molecule has 1 heterocycles. The molecule has 1 aromatic heterocycles. The van der Waals surface area contributed by atoms with Gasteiger partial charge in [-0.25, -0.2) is 4.39 Å². The summed E-state index contributed by atoms with van der Waals surface area (Å²) in [6.45, 7) is 2.60. The molecule has 1 aromatic carbocycles. The summed E-state index contributed by atoms with van der Waals surface area (Å²) in [5.41, 5.74) is 8.53. The van der Waals surface area contributed by atoms with Crippen LogP contribution in [0.3, 0.4) is 0 Å². The van der Waals surface area contributed by atoms with Crippen LogP contribution >= 0.6 is 12.2 Å². The van der Waals surface area contributed by atoms with E-state index in [1.807, 2.05) is 13.2 Å². The number of anilines is 1. The molecule has 0 radical (unpaired) electrons. The SMILES string of the molecule is CCc1nn(C)cc1CNc1cccc(F)c1C(N)=S. The van der Waals surface area contributed by atoms with Crippen LogP contribution in [0.1, 0.15) is 23.7 Å². The fraction of sp³-hybridized carbons (Fsp3) is 0.286. The summed E-state index contributed by atoms with van der Waals surface area (Å²) in [6.07, 6.45) is 2.80. The summed E-state index contributed by atoms with van der Waals surface area (Å²) in [6, 6.07) is 4.74. The Bertz CT molecular complexity index is 636. The first kappa shape index (κ1) is 14.5. The first-order chi connectivity index (χ1) is 9.52. The second kappa shape index (κ2) is 6.00. The average molecular weight is 292 g/mol. The van der Waals surface area contributed by atoms with E-state index in [4.69, 9.17) is 18.0 Å². The van der Waals surface area contributed by atoms with Gasteiger partial charge in [-0.05, 0) is 18.6 Å². The van der Waals surface area contributed by atoms with Gasteiger partial charge in [0.25, 0.3) is 0 Å². The van der Waals surface area contributed by atoms with Crippen molar-refractivity contribution in [2.75, 3.05) is 5.32 Å². The van der Waals surface area contributed by atoms with Crippen LogP contribution in [-0.4, -0.2) is 14.8 Å². The molecule has 0 spiro atoms. The number of halogens is 1. The van der Waals surface area contributed by atoms with Crippen LogP contribution in [0.25, 0.3) is 0 Å². The summed E-state index contributed by atoms with van der Waals surface area (Å²) in [7, 11) is 1.88. The van der Waals surface area contributed by atoms with Crippen LogP contribution in [-0.2, 0) is 20.0 Å². The number of rotatable bonds is 5. The Kier molecular flexibility index (Phi) is 4.34. The Labute approximate surface area is 122 Å². The molecule has 0 aliphatic carbocycles. The Hall–Kier alpha value is -1.95. The third-order valence-corrected chi connectivity index (χ3v) is 3.26. The van der Waals surface area contributed by atoms with E-state index in [2.05, 4.69) is 17.3 Å². The number of hydrogen-bond donors (Lipinski definition) is 2. The van der Waals surface area contributed by atoms with Crippen molar-refractivity contribution in [3.63, 3.8) is 0 Å². The molecule has 2 rings (SSSR count). The Balaban J connectivity index is 2.23. The van der Waals surface area contributed by atoms with Crippen molar-refractivity contribution in [2.45, 2.75) is 19.9 Å². The number of nitrogens with zero attached hydrogens (tertiary/aromatic N) is 2. The van der Waals surface area contributed by atoms with Crippen LogP contribution in [0.4, 0.5) is 10.1 Å². The molecule has 0 bridgehead atoms. The number of hydrogen-bond acceptors (Lipinski definition) is 3. The fourth-order valence-corrected chi connectivity index (χ4v) is 2.35. The third kappa shape index (κ3) is 2.96. The lowest BCUT2D eigenvalue weighted by atomic mass is 10.1. The molecule has 106 valence electrons. The Morgan fingerprint density at radius 1 is 1.50 bits per heavy atom. The zero-order valence-electron chi connectivity index (χ0n) is 11.5. The Morgan fingerprint density at radius 3 is 2.90 bits per heavy atom. The van der Waals surface area contributed by atoms with Crippen LogP contribution in [0, 0.1) is 5.82 Å². The standard InChI is InChI=1S/C14H17FN4S/c1-3-11-9(8-19(2)18-11)7-17-12-6-4-5-10(15)13(12)14(16)20/h4-6,8,17H,3,7H2,1-2H3,(H2,16,20). The molecule has 0 fully saturated rings. The highest BCUT2D eigenvalue weighted by Gasteiger charge is 2.12. The highest BCUT2D eigenvalue weighted by atomic mass is 32.1. The molecule has 0 saturated heterocycles. The van der Waals surface area contributed by atoms with Crippen LogP contribution in [0.15, 0.2) is 24.4 Å². The molecule has 20 heavy (non-hydrogen) atoms.